The van der Waals surface area contributed by atoms with Gasteiger partial charge in [0.15, 0.2) is 0 Å². The van der Waals surface area contributed by atoms with Gasteiger partial charge in [-0.15, -0.1) is 0 Å². The number of pyridine rings is 1. The van der Waals surface area contributed by atoms with E-state index in [1.165, 1.54) is 5.56 Å². The highest BCUT2D eigenvalue weighted by Gasteiger charge is 2.09. The number of nitrogens with zero attached hydrogens (tertiary/aromatic N) is 2. The normalized spacial score (nSPS) is 10.9. The number of methoxy groups -OCH3 is 1. The predicted octanol–water partition coefficient (Wildman–Crippen LogP) is 3.28. The maximum atomic E-state index is 5.85. The molecule has 0 radical (unpaired) electrons. The van der Waals surface area contributed by atoms with E-state index in [2.05, 4.69) is 20.9 Å². The zero-order chi connectivity index (χ0) is 14.1. The average molecular weight is 332 g/mol. The topological polar surface area (TPSA) is 52.5 Å². The standard InChI is InChI=1S/C15H14BrN3O/c1-20-12-5-2-10(3-6-12)8-14-18-15(16)13-7-4-11(17)9-19(13)14/h2-7,9H,8,17H2,1H3. The number of nitrogen functional groups attached to an aromatic ring is 1. The van der Waals surface area contributed by atoms with Gasteiger partial charge in [-0.2, -0.15) is 0 Å². The quantitative estimate of drug-likeness (QED) is 0.801. The summed E-state index contributed by atoms with van der Waals surface area (Å²) in [5, 5.41) is 0. The minimum atomic E-state index is 0.721. The molecule has 0 fully saturated rings. The van der Waals surface area contributed by atoms with Crippen molar-refractivity contribution < 1.29 is 4.74 Å². The van der Waals surface area contributed by atoms with Gasteiger partial charge in [-0.25, -0.2) is 4.98 Å². The van der Waals surface area contributed by atoms with Crippen LogP contribution in [0.2, 0.25) is 0 Å². The van der Waals surface area contributed by atoms with Crippen LogP contribution in [0.5, 0.6) is 5.75 Å². The number of aromatic nitrogens is 2. The molecule has 0 saturated carbocycles. The monoisotopic (exact) mass is 331 g/mol. The summed E-state index contributed by atoms with van der Waals surface area (Å²) in [6, 6.07) is 11.8. The molecule has 102 valence electrons. The number of nitrogens with two attached hydrogens (primary N) is 1. The maximum absolute atomic E-state index is 5.85. The summed E-state index contributed by atoms with van der Waals surface area (Å²) < 4.78 is 8.02. The lowest BCUT2D eigenvalue weighted by Gasteiger charge is -2.04. The molecule has 0 bridgehead atoms. The Morgan fingerprint density at radius 1 is 1.20 bits per heavy atom. The summed E-state index contributed by atoms with van der Waals surface area (Å²) in [7, 11) is 1.66. The molecule has 1 aromatic carbocycles. The molecule has 2 N–H and O–H groups in total. The second-order valence-corrected chi connectivity index (χ2v) is 5.31. The summed E-state index contributed by atoms with van der Waals surface area (Å²) in [6.45, 7) is 0. The Bertz CT molecular complexity index is 750. The molecule has 0 atom stereocenters. The Kier molecular flexibility index (Phi) is 3.36. The van der Waals surface area contributed by atoms with Crippen molar-refractivity contribution in [2.24, 2.45) is 0 Å². The molecule has 2 heterocycles. The summed E-state index contributed by atoms with van der Waals surface area (Å²) in [4.78, 5) is 4.56. The highest BCUT2D eigenvalue weighted by molar-refractivity contribution is 9.10. The second kappa shape index (κ2) is 5.17. The maximum Gasteiger partial charge on any atom is 0.132 e. The molecule has 0 aliphatic rings. The van der Waals surface area contributed by atoms with Gasteiger partial charge in [0.1, 0.15) is 16.2 Å². The highest BCUT2D eigenvalue weighted by Crippen LogP contribution is 2.22. The Hall–Kier alpha value is -2.01. The summed E-state index contributed by atoms with van der Waals surface area (Å²) in [5.74, 6) is 1.80. The minimum Gasteiger partial charge on any atom is -0.497 e. The molecule has 0 saturated heterocycles. The Morgan fingerprint density at radius 3 is 2.65 bits per heavy atom. The van der Waals surface area contributed by atoms with E-state index in [-0.39, 0.29) is 0 Å². The first-order chi connectivity index (χ1) is 9.67. The van der Waals surface area contributed by atoms with Crippen molar-refractivity contribution in [2.75, 3.05) is 12.8 Å². The molecule has 0 spiro atoms. The smallest absolute Gasteiger partial charge is 0.132 e. The fourth-order valence-electron chi connectivity index (χ4n) is 2.17. The van der Waals surface area contributed by atoms with Gasteiger partial charge in [0, 0.05) is 18.3 Å². The molecule has 2 aromatic heterocycles. The number of anilines is 1. The zero-order valence-electron chi connectivity index (χ0n) is 11.0. The first kappa shape index (κ1) is 13.0. The van der Waals surface area contributed by atoms with Crippen LogP contribution in [-0.2, 0) is 6.42 Å². The number of halogens is 1. The van der Waals surface area contributed by atoms with Crippen LogP contribution in [0.15, 0.2) is 47.2 Å². The van der Waals surface area contributed by atoms with Gasteiger partial charge in [0.2, 0.25) is 0 Å². The number of imidazole rings is 1. The highest BCUT2D eigenvalue weighted by atomic mass is 79.9. The van der Waals surface area contributed by atoms with Crippen molar-refractivity contribution >= 4 is 27.1 Å². The van der Waals surface area contributed by atoms with E-state index in [9.17, 15) is 0 Å². The lowest BCUT2D eigenvalue weighted by molar-refractivity contribution is 0.414. The van der Waals surface area contributed by atoms with Gasteiger partial charge in [-0.1, -0.05) is 12.1 Å². The molecule has 0 unspecified atom stereocenters. The molecule has 0 amide bonds. The third kappa shape index (κ3) is 2.36. The summed E-state index contributed by atoms with van der Waals surface area (Å²) >= 11 is 3.49. The van der Waals surface area contributed by atoms with E-state index < -0.39 is 0 Å². The van der Waals surface area contributed by atoms with E-state index >= 15 is 0 Å². The summed E-state index contributed by atoms with van der Waals surface area (Å²) in [6.07, 6.45) is 2.63. The Morgan fingerprint density at radius 2 is 1.95 bits per heavy atom. The van der Waals surface area contributed by atoms with Crippen LogP contribution in [0.1, 0.15) is 11.4 Å². The molecule has 20 heavy (non-hydrogen) atoms. The third-order valence-electron chi connectivity index (χ3n) is 3.21. The number of benzene rings is 1. The fourth-order valence-corrected chi connectivity index (χ4v) is 2.70. The first-order valence-corrected chi connectivity index (χ1v) is 7.01. The number of rotatable bonds is 3. The molecule has 0 aliphatic carbocycles. The van der Waals surface area contributed by atoms with Crippen LogP contribution in [-0.4, -0.2) is 16.5 Å². The second-order valence-electron chi connectivity index (χ2n) is 4.56. The van der Waals surface area contributed by atoms with E-state index in [1.807, 2.05) is 47.0 Å². The van der Waals surface area contributed by atoms with Crippen LogP contribution in [0, 0.1) is 0 Å². The van der Waals surface area contributed by atoms with E-state index in [1.54, 1.807) is 7.11 Å². The Labute approximate surface area is 125 Å². The lowest BCUT2D eigenvalue weighted by Crippen LogP contribution is -1.98. The van der Waals surface area contributed by atoms with Crippen LogP contribution in [0.3, 0.4) is 0 Å². The molecule has 3 rings (SSSR count). The third-order valence-corrected chi connectivity index (χ3v) is 3.79. The largest absolute Gasteiger partial charge is 0.497 e. The van der Waals surface area contributed by atoms with Gasteiger partial charge in [-0.05, 0) is 45.8 Å². The number of ether oxygens (including phenoxy) is 1. The van der Waals surface area contributed by atoms with E-state index in [0.29, 0.717) is 0 Å². The van der Waals surface area contributed by atoms with Gasteiger partial charge < -0.3 is 14.9 Å². The molecule has 3 aromatic rings. The lowest BCUT2D eigenvalue weighted by atomic mass is 10.1. The minimum absolute atomic E-state index is 0.721. The van der Waals surface area contributed by atoms with E-state index in [0.717, 1.165) is 33.8 Å². The number of hydrogen-bond donors (Lipinski definition) is 1. The first-order valence-electron chi connectivity index (χ1n) is 6.22. The van der Waals surface area contributed by atoms with Crippen LogP contribution < -0.4 is 10.5 Å². The van der Waals surface area contributed by atoms with Crippen molar-refractivity contribution in [3.63, 3.8) is 0 Å². The van der Waals surface area contributed by atoms with E-state index in [4.69, 9.17) is 10.5 Å². The van der Waals surface area contributed by atoms with Crippen molar-refractivity contribution in [2.45, 2.75) is 6.42 Å². The molecular weight excluding hydrogens is 318 g/mol. The number of hydrogen-bond acceptors (Lipinski definition) is 3. The molecular formula is C15H14BrN3O. The fraction of sp³-hybridized carbons (Fsp3) is 0.133. The van der Waals surface area contributed by atoms with Crippen molar-refractivity contribution in [1.29, 1.82) is 0 Å². The SMILES string of the molecule is COc1ccc(Cc2nc(Br)c3ccc(N)cn23)cc1. The van der Waals surface area contributed by atoms with Crippen molar-refractivity contribution in [3.05, 3.63) is 58.6 Å². The van der Waals surface area contributed by atoms with Crippen molar-refractivity contribution in [1.82, 2.24) is 9.38 Å². The molecule has 4 nitrogen and oxygen atoms in total. The summed E-state index contributed by atoms with van der Waals surface area (Å²) in [5.41, 5.74) is 8.76. The van der Waals surface area contributed by atoms with Gasteiger partial charge in [0.25, 0.3) is 0 Å². The van der Waals surface area contributed by atoms with Crippen molar-refractivity contribution in [3.8, 4) is 5.75 Å². The zero-order valence-corrected chi connectivity index (χ0v) is 12.6. The van der Waals surface area contributed by atoms with Crippen LogP contribution in [0.4, 0.5) is 5.69 Å². The Balaban J connectivity index is 1.99. The van der Waals surface area contributed by atoms with Gasteiger partial charge in [-0.3, -0.25) is 0 Å². The predicted molar refractivity (Wildman–Crippen MR) is 83.1 cm³/mol. The van der Waals surface area contributed by atoms with Crippen LogP contribution >= 0.6 is 15.9 Å². The average Bonchev–Trinajstić information content (AvgIpc) is 2.76. The van der Waals surface area contributed by atoms with Crippen LogP contribution in [0.25, 0.3) is 5.52 Å². The van der Waals surface area contributed by atoms with Gasteiger partial charge >= 0.3 is 0 Å². The molecule has 0 aliphatic heterocycles. The molecule has 5 heteroatoms. The number of fused-ring (bicyclic) bond motifs is 1. The van der Waals surface area contributed by atoms with Gasteiger partial charge in [0.05, 0.1) is 12.6 Å².